The van der Waals surface area contributed by atoms with Gasteiger partial charge in [0.25, 0.3) is 0 Å². The highest BCUT2D eigenvalue weighted by atomic mass is 28.3. The number of ether oxygens (including phenoxy) is 1. The molecule has 31 heavy (non-hydrogen) atoms. The van der Waals surface area contributed by atoms with Crippen LogP contribution in [0.4, 0.5) is 0 Å². The van der Waals surface area contributed by atoms with E-state index in [2.05, 4.69) is 31.1 Å². The quantitative estimate of drug-likeness (QED) is 0.270. The molecule has 5 nitrogen and oxygen atoms in total. The van der Waals surface area contributed by atoms with Gasteiger partial charge < -0.3 is 4.74 Å². The highest BCUT2D eigenvalue weighted by Crippen LogP contribution is 2.63. The van der Waals surface area contributed by atoms with E-state index in [4.69, 9.17) is 4.74 Å². The van der Waals surface area contributed by atoms with Crippen LogP contribution in [0, 0.1) is 45.0 Å². The van der Waals surface area contributed by atoms with E-state index in [9.17, 15) is 19.6 Å². The number of hydrogen-bond acceptors (Lipinski definition) is 5. The summed E-state index contributed by atoms with van der Waals surface area (Å²) >= 11 is 0. The summed E-state index contributed by atoms with van der Waals surface area (Å²) in [5.41, 5.74) is 1.99. The van der Waals surface area contributed by atoms with Crippen LogP contribution in [0.2, 0.25) is 19.6 Å². The third kappa shape index (κ3) is 3.53. The lowest BCUT2D eigenvalue weighted by molar-refractivity contribution is -0.142. The molecule has 1 fully saturated rings. The van der Waals surface area contributed by atoms with Crippen molar-refractivity contribution in [2.45, 2.75) is 53.3 Å². The fourth-order valence-electron chi connectivity index (χ4n) is 5.41. The molecule has 3 rings (SSSR count). The Morgan fingerprint density at radius 1 is 1.19 bits per heavy atom. The summed E-state index contributed by atoms with van der Waals surface area (Å²) in [6.07, 6.45) is 6.23. The van der Waals surface area contributed by atoms with Gasteiger partial charge in [-0.1, -0.05) is 52.4 Å². The van der Waals surface area contributed by atoms with Crippen molar-refractivity contribution in [1.82, 2.24) is 0 Å². The maximum absolute atomic E-state index is 13.2. The molecule has 3 aliphatic rings. The Hall–Kier alpha value is -2.70. The average molecular weight is 436 g/mol. The van der Waals surface area contributed by atoms with Crippen molar-refractivity contribution in [3.63, 3.8) is 0 Å². The number of esters is 1. The van der Waals surface area contributed by atoms with Crippen LogP contribution in [-0.4, -0.2) is 32.7 Å². The third-order valence-corrected chi connectivity index (χ3v) is 7.75. The van der Waals surface area contributed by atoms with E-state index < -0.39 is 30.3 Å². The van der Waals surface area contributed by atoms with Gasteiger partial charge in [-0.15, -0.1) is 5.54 Å². The van der Waals surface area contributed by atoms with Crippen LogP contribution in [-0.2, 0) is 19.1 Å². The molecule has 0 bridgehead atoms. The van der Waals surface area contributed by atoms with Gasteiger partial charge in [-0.25, -0.2) is 4.79 Å². The first-order valence-corrected chi connectivity index (χ1v) is 14.0. The Labute approximate surface area is 185 Å². The number of hydrogen-bond donors (Lipinski definition) is 0. The zero-order valence-corrected chi connectivity index (χ0v) is 20.3. The van der Waals surface area contributed by atoms with Crippen molar-refractivity contribution in [2.24, 2.45) is 22.2 Å². The topological polar surface area (TPSA) is 84.2 Å². The molecule has 3 atom stereocenters. The van der Waals surface area contributed by atoms with Crippen molar-refractivity contribution >= 4 is 25.6 Å². The number of carbonyl (C=O) groups is 3. The molecule has 0 heterocycles. The fraction of sp³-hybridized carbons (Fsp3) is 0.520. The molecule has 0 aliphatic heterocycles. The predicted molar refractivity (Wildman–Crippen MR) is 120 cm³/mol. The second kappa shape index (κ2) is 7.17. The highest BCUT2D eigenvalue weighted by molar-refractivity contribution is 6.83. The molecular weight excluding hydrogens is 406 g/mol. The van der Waals surface area contributed by atoms with Crippen molar-refractivity contribution in [3.05, 3.63) is 34.9 Å². The smallest absolute Gasteiger partial charge is 0.341 e. The minimum atomic E-state index is -1.75. The Morgan fingerprint density at radius 2 is 1.84 bits per heavy atom. The fourth-order valence-corrected chi connectivity index (χ4v) is 6.01. The lowest BCUT2D eigenvalue weighted by Gasteiger charge is -2.56. The number of nitrogens with zero attached hydrogens (tertiary/aromatic N) is 1. The monoisotopic (exact) mass is 435 g/mol. The van der Waals surface area contributed by atoms with Gasteiger partial charge in [0.1, 0.15) is 19.7 Å². The molecule has 0 saturated heterocycles. The predicted octanol–water partition coefficient (Wildman–Crippen LogP) is 3.94. The Balaban J connectivity index is 2.33. The Morgan fingerprint density at radius 3 is 2.39 bits per heavy atom. The normalized spacial score (nSPS) is 31.5. The van der Waals surface area contributed by atoms with E-state index in [1.54, 1.807) is 12.2 Å². The first-order valence-electron chi connectivity index (χ1n) is 10.5. The molecule has 1 saturated carbocycles. The summed E-state index contributed by atoms with van der Waals surface area (Å²) in [5.74, 6) is 2.08. The number of nitriles is 1. The van der Waals surface area contributed by atoms with Crippen molar-refractivity contribution < 1.29 is 19.1 Å². The highest BCUT2D eigenvalue weighted by Gasteiger charge is 2.60. The first kappa shape index (κ1) is 23.0. The lowest BCUT2D eigenvalue weighted by Crippen LogP contribution is -2.54. The van der Waals surface area contributed by atoms with E-state index in [-0.39, 0.29) is 28.6 Å². The largest absolute Gasteiger partial charge is 0.465 e. The summed E-state index contributed by atoms with van der Waals surface area (Å²) in [6, 6.07) is 2.02. The molecule has 0 aromatic carbocycles. The van der Waals surface area contributed by atoms with Gasteiger partial charge in [-0.2, -0.15) is 5.26 Å². The zero-order valence-electron chi connectivity index (χ0n) is 19.3. The van der Waals surface area contributed by atoms with Gasteiger partial charge in [0.2, 0.25) is 0 Å². The first-order chi connectivity index (χ1) is 14.2. The second-order valence-corrected chi connectivity index (χ2v) is 15.3. The summed E-state index contributed by atoms with van der Waals surface area (Å²) in [7, 11) is -0.488. The molecule has 6 heteroatoms. The van der Waals surface area contributed by atoms with Gasteiger partial charge in [0.15, 0.2) is 11.6 Å². The van der Waals surface area contributed by atoms with Crippen LogP contribution < -0.4 is 0 Å². The number of Topliss-reactive ketones (excluding diaryl/α,β-unsaturated/α-hetero) is 1. The summed E-state index contributed by atoms with van der Waals surface area (Å²) in [4.78, 5) is 38.4. The summed E-state index contributed by atoms with van der Waals surface area (Å²) in [6.45, 7) is 12.1. The Bertz CT molecular complexity index is 1080. The number of rotatable bonds is 1. The molecule has 0 radical (unpaired) electrons. The van der Waals surface area contributed by atoms with Gasteiger partial charge in [-0.3, -0.25) is 9.59 Å². The van der Waals surface area contributed by atoms with Crippen molar-refractivity contribution in [1.29, 1.82) is 5.26 Å². The van der Waals surface area contributed by atoms with E-state index in [1.165, 1.54) is 13.2 Å². The number of fused-ring (bicyclic) bond motifs is 3. The SMILES string of the molecule is COC(=O)C1=C[C@]2(C)C3=CC(=O)C(C#N)=C[C@]3(C#C[Si](C)(C)C)CC[C@H]2C(C)(C)C1=O. The lowest BCUT2D eigenvalue weighted by atomic mass is 9.45. The van der Waals surface area contributed by atoms with Crippen LogP contribution in [0.15, 0.2) is 34.9 Å². The Kier molecular flexibility index (Phi) is 5.32. The molecule has 0 aromatic heterocycles. The number of allylic oxidation sites excluding steroid dienone is 5. The molecule has 0 unspecified atom stereocenters. The van der Waals surface area contributed by atoms with Crippen LogP contribution in [0.1, 0.15) is 33.6 Å². The maximum Gasteiger partial charge on any atom is 0.341 e. The number of methoxy groups -OCH3 is 1. The summed E-state index contributed by atoms with van der Waals surface area (Å²) in [5, 5.41) is 9.53. The van der Waals surface area contributed by atoms with E-state index >= 15 is 0 Å². The molecule has 3 aliphatic carbocycles. The molecule has 0 aromatic rings. The van der Waals surface area contributed by atoms with Gasteiger partial charge >= 0.3 is 5.97 Å². The molecule has 0 N–H and O–H groups in total. The second-order valence-electron chi connectivity index (χ2n) is 10.5. The van der Waals surface area contributed by atoms with Crippen LogP contribution in [0.3, 0.4) is 0 Å². The van der Waals surface area contributed by atoms with Gasteiger partial charge in [0.05, 0.1) is 18.1 Å². The van der Waals surface area contributed by atoms with Crippen molar-refractivity contribution in [3.8, 4) is 17.5 Å². The van der Waals surface area contributed by atoms with Crippen LogP contribution >= 0.6 is 0 Å². The minimum absolute atomic E-state index is 0.0172. The minimum Gasteiger partial charge on any atom is -0.465 e. The van der Waals surface area contributed by atoms with Crippen LogP contribution in [0.5, 0.6) is 0 Å². The zero-order chi connectivity index (χ0) is 23.4. The number of ketones is 2. The van der Waals surface area contributed by atoms with Crippen LogP contribution in [0.25, 0.3) is 0 Å². The number of carbonyl (C=O) groups excluding carboxylic acids is 3. The molecule has 0 amide bonds. The third-order valence-electron chi connectivity index (χ3n) is 6.88. The maximum atomic E-state index is 13.2. The van der Waals surface area contributed by atoms with E-state index in [0.717, 1.165) is 5.57 Å². The molecule has 162 valence electrons. The molecular formula is C25H29NO4Si. The summed E-state index contributed by atoms with van der Waals surface area (Å²) < 4.78 is 4.90. The van der Waals surface area contributed by atoms with E-state index in [0.29, 0.717) is 12.8 Å². The average Bonchev–Trinajstić information content (AvgIpc) is 2.68. The van der Waals surface area contributed by atoms with Gasteiger partial charge in [-0.05, 0) is 36.5 Å². The van der Waals surface area contributed by atoms with Crippen molar-refractivity contribution in [2.75, 3.05) is 7.11 Å². The van der Waals surface area contributed by atoms with Gasteiger partial charge in [0, 0.05) is 10.8 Å². The molecule has 0 spiro atoms. The standard InChI is InChI=1S/C25H29NO4Si/c1-23(2)19-8-9-25(10-11-31(5,6)7)13-16(15-26)18(27)12-20(25)24(19,3)14-17(21(23)28)22(29)30-4/h12-14,19H,8-9H2,1-7H3/t19-,24-,25+/m0/s1. The van der Waals surface area contributed by atoms with E-state index in [1.807, 2.05) is 26.8 Å².